The van der Waals surface area contributed by atoms with Crippen molar-refractivity contribution in [3.8, 4) is 34.0 Å². The number of fused-ring (bicyclic) bond motifs is 2. The maximum absolute atomic E-state index is 13.6. The molecule has 0 fully saturated rings. The van der Waals surface area contributed by atoms with Crippen LogP contribution in [0.4, 0.5) is 11.4 Å². The van der Waals surface area contributed by atoms with Crippen LogP contribution in [-0.4, -0.2) is 21.8 Å². The highest BCUT2D eigenvalue weighted by Gasteiger charge is 2.16. The molecule has 2 heterocycles. The SMILES string of the molecule is Cc1cccc(-c2cc(C(=O)Nc3ccc(Oc4ccc(NC(=O)c5cc(-c6cccc(C)c6)nc6ccccc56)cc4)cc3)c3ccccc3n2)c1. The van der Waals surface area contributed by atoms with Crippen molar-refractivity contribution in [1.29, 1.82) is 0 Å². The third-order valence-corrected chi connectivity index (χ3v) is 9.01. The van der Waals surface area contributed by atoms with Crippen LogP contribution >= 0.6 is 0 Å². The lowest BCUT2D eigenvalue weighted by molar-refractivity contribution is 0.102. The molecule has 7 nitrogen and oxygen atoms in total. The fourth-order valence-electron chi connectivity index (χ4n) is 6.38. The zero-order valence-corrected chi connectivity index (χ0v) is 29.1. The van der Waals surface area contributed by atoms with Gasteiger partial charge in [0.25, 0.3) is 11.8 Å². The average molecular weight is 691 g/mol. The van der Waals surface area contributed by atoms with Crippen molar-refractivity contribution in [3.63, 3.8) is 0 Å². The predicted molar refractivity (Wildman–Crippen MR) is 213 cm³/mol. The first-order chi connectivity index (χ1) is 25.9. The number of benzene rings is 6. The Bertz CT molecular complexity index is 2470. The number of anilines is 2. The van der Waals surface area contributed by atoms with Gasteiger partial charge in [-0.2, -0.15) is 0 Å². The highest BCUT2D eigenvalue weighted by atomic mass is 16.5. The molecule has 0 bridgehead atoms. The fourth-order valence-corrected chi connectivity index (χ4v) is 6.38. The summed E-state index contributed by atoms with van der Waals surface area (Å²) < 4.78 is 6.09. The van der Waals surface area contributed by atoms with Gasteiger partial charge in [-0.05, 0) is 98.8 Å². The van der Waals surface area contributed by atoms with Crippen molar-refractivity contribution in [3.05, 3.63) is 180 Å². The summed E-state index contributed by atoms with van der Waals surface area (Å²) in [5.74, 6) is 0.746. The number of nitrogens with one attached hydrogen (secondary N) is 2. The van der Waals surface area contributed by atoms with E-state index in [1.165, 1.54) is 0 Å². The molecule has 8 aromatic rings. The number of nitrogens with zero attached hydrogens (tertiary/aromatic N) is 2. The Morgan fingerprint density at radius 2 is 0.887 bits per heavy atom. The lowest BCUT2D eigenvalue weighted by Crippen LogP contribution is -2.13. The molecule has 0 saturated carbocycles. The number of rotatable bonds is 8. The van der Waals surface area contributed by atoms with E-state index in [-0.39, 0.29) is 11.8 Å². The molecule has 2 aromatic heterocycles. The summed E-state index contributed by atoms with van der Waals surface area (Å²) in [5.41, 5.74) is 9.50. The Kier molecular flexibility index (Phi) is 8.88. The summed E-state index contributed by atoms with van der Waals surface area (Å²) in [4.78, 5) is 36.9. The second-order valence-corrected chi connectivity index (χ2v) is 12.9. The van der Waals surface area contributed by atoms with Crippen molar-refractivity contribution in [2.24, 2.45) is 0 Å². The number of pyridine rings is 2. The standard InChI is InChI=1S/C46H34N4O3/c1-29-9-7-11-31(25-29)43-27-39(37-13-3-5-15-41(37)49-43)45(51)47-33-17-21-35(22-18-33)53-36-23-19-34(20-24-36)48-46(52)40-28-44(32-12-8-10-30(2)26-32)50-42-16-6-4-14-38(40)42/h3-28H,1-2H3,(H,47,51)(H,48,52). The van der Waals surface area contributed by atoms with Crippen molar-refractivity contribution in [1.82, 2.24) is 9.97 Å². The van der Waals surface area contributed by atoms with Gasteiger partial charge in [-0.3, -0.25) is 9.59 Å². The molecular weight excluding hydrogens is 657 g/mol. The molecule has 0 unspecified atom stereocenters. The smallest absolute Gasteiger partial charge is 0.256 e. The van der Waals surface area contributed by atoms with E-state index in [0.717, 1.165) is 55.4 Å². The summed E-state index contributed by atoms with van der Waals surface area (Å²) in [6.07, 6.45) is 0. The minimum absolute atomic E-state index is 0.227. The first kappa shape index (κ1) is 33.0. The molecule has 0 atom stereocenters. The molecule has 0 aliphatic rings. The van der Waals surface area contributed by atoms with Crippen LogP contribution in [0.25, 0.3) is 44.3 Å². The van der Waals surface area contributed by atoms with Gasteiger partial charge in [0.05, 0.1) is 33.5 Å². The molecule has 6 aromatic carbocycles. The summed E-state index contributed by atoms with van der Waals surface area (Å²) >= 11 is 0. The van der Waals surface area contributed by atoms with Gasteiger partial charge in [-0.25, -0.2) is 9.97 Å². The molecule has 0 aliphatic heterocycles. The molecule has 7 heteroatoms. The molecule has 2 N–H and O–H groups in total. The number of carbonyl (C=O) groups is 2. The Balaban J connectivity index is 0.951. The molecular formula is C46H34N4O3. The Morgan fingerprint density at radius 3 is 1.30 bits per heavy atom. The van der Waals surface area contributed by atoms with E-state index in [0.29, 0.717) is 34.0 Å². The van der Waals surface area contributed by atoms with Gasteiger partial charge in [0.1, 0.15) is 11.5 Å². The quantitative estimate of drug-likeness (QED) is 0.166. The van der Waals surface area contributed by atoms with Crippen LogP contribution in [0.1, 0.15) is 31.8 Å². The summed E-state index contributed by atoms with van der Waals surface area (Å²) in [6.45, 7) is 4.07. The monoisotopic (exact) mass is 690 g/mol. The normalized spacial score (nSPS) is 11.0. The van der Waals surface area contributed by atoms with Gasteiger partial charge in [-0.1, -0.05) is 83.9 Å². The Morgan fingerprint density at radius 1 is 0.472 bits per heavy atom. The zero-order valence-electron chi connectivity index (χ0n) is 29.1. The van der Waals surface area contributed by atoms with E-state index in [1.54, 1.807) is 48.5 Å². The molecule has 0 aliphatic carbocycles. The van der Waals surface area contributed by atoms with Crippen LogP contribution in [0.2, 0.25) is 0 Å². The van der Waals surface area contributed by atoms with Gasteiger partial charge in [0.2, 0.25) is 0 Å². The van der Waals surface area contributed by atoms with Crippen molar-refractivity contribution >= 4 is 45.0 Å². The Hall–Kier alpha value is -7.12. The second-order valence-electron chi connectivity index (χ2n) is 12.9. The van der Waals surface area contributed by atoms with Crippen LogP contribution < -0.4 is 15.4 Å². The molecule has 53 heavy (non-hydrogen) atoms. The van der Waals surface area contributed by atoms with Crippen LogP contribution in [0.3, 0.4) is 0 Å². The van der Waals surface area contributed by atoms with Crippen LogP contribution in [-0.2, 0) is 0 Å². The van der Waals surface area contributed by atoms with Crippen molar-refractivity contribution in [2.75, 3.05) is 10.6 Å². The lowest BCUT2D eigenvalue weighted by atomic mass is 10.0. The van der Waals surface area contributed by atoms with E-state index in [2.05, 4.69) is 22.8 Å². The van der Waals surface area contributed by atoms with E-state index in [9.17, 15) is 9.59 Å². The molecule has 0 spiro atoms. The summed E-state index contributed by atoms with van der Waals surface area (Å²) in [6, 6.07) is 49.6. The molecule has 2 amide bonds. The molecule has 256 valence electrons. The predicted octanol–water partition coefficient (Wildman–Crippen LogP) is 11.0. The van der Waals surface area contributed by atoms with Gasteiger partial charge in [0.15, 0.2) is 0 Å². The van der Waals surface area contributed by atoms with Crippen molar-refractivity contribution < 1.29 is 14.3 Å². The molecule has 0 saturated heterocycles. The van der Waals surface area contributed by atoms with E-state index >= 15 is 0 Å². The summed E-state index contributed by atoms with van der Waals surface area (Å²) in [5, 5.41) is 7.62. The minimum Gasteiger partial charge on any atom is -0.457 e. The van der Waals surface area contributed by atoms with E-state index in [1.807, 2.05) is 111 Å². The van der Waals surface area contributed by atoms with E-state index in [4.69, 9.17) is 14.7 Å². The van der Waals surface area contributed by atoms with E-state index < -0.39 is 0 Å². The highest BCUT2D eigenvalue weighted by molar-refractivity contribution is 6.14. The molecule has 8 rings (SSSR count). The van der Waals surface area contributed by atoms with Crippen LogP contribution in [0, 0.1) is 13.8 Å². The number of amides is 2. The van der Waals surface area contributed by atoms with Crippen molar-refractivity contribution in [2.45, 2.75) is 13.8 Å². The van der Waals surface area contributed by atoms with Gasteiger partial charge >= 0.3 is 0 Å². The number of carbonyl (C=O) groups excluding carboxylic acids is 2. The topological polar surface area (TPSA) is 93.2 Å². The minimum atomic E-state index is -0.227. The van der Waals surface area contributed by atoms with Gasteiger partial charge in [-0.15, -0.1) is 0 Å². The lowest BCUT2D eigenvalue weighted by Gasteiger charge is -2.12. The number of hydrogen-bond acceptors (Lipinski definition) is 5. The maximum atomic E-state index is 13.6. The largest absolute Gasteiger partial charge is 0.457 e. The third kappa shape index (κ3) is 7.22. The zero-order chi connectivity index (χ0) is 36.3. The highest BCUT2D eigenvalue weighted by Crippen LogP contribution is 2.30. The van der Waals surface area contributed by atoms with Crippen LogP contribution in [0.15, 0.2) is 158 Å². The first-order valence-electron chi connectivity index (χ1n) is 17.3. The Labute approximate surface area is 307 Å². The average Bonchev–Trinajstić information content (AvgIpc) is 3.18. The number of hydrogen-bond donors (Lipinski definition) is 2. The fraction of sp³-hybridized carbons (Fsp3) is 0.0435. The third-order valence-electron chi connectivity index (χ3n) is 9.01. The maximum Gasteiger partial charge on any atom is 0.256 e. The number of aryl methyl sites for hydroxylation is 2. The van der Waals surface area contributed by atoms with Gasteiger partial charge in [0, 0.05) is 33.3 Å². The van der Waals surface area contributed by atoms with Gasteiger partial charge < -0.3 is 15.4 Å². The molecule has 0 radical (unpaired) electrons. The first-order valence-corrected chi connectivity index (χ1v) is 17.3. The second kappa shape index (κ2) is 14.2. The summed E-state index contributed by atoms with van der Waals surface area (Å²) in [7, 11) is 0. The number of aromatic nitrogens is 2. The number of para-hydroxylation sites is 2. The van der Waals surface area contributed by atoms with Crippen LogP contribution in [0.5, 0.6) is 11.5 Å². The number of ether oxygens (including phenoxy) is 1.